The molecule has 0 aromatic heterocycles. The second-order valence-electron chi connectivity index (χ2n) is 5.81. The van der Waals surface area contributed by atoms with Gasteiger partial charge in [0.15, 0.2) is 0 Å². The minimum absolute atomic E-state index is 0.0356. The number of carbonyl (C=O) groups excluding carboxylic acids is 2. The molecule has 4 nitrogen and oxygen atoms in total. The maximum Gasteiger partial charge on any atom is 0.334 e. The van der Waals surface area contributed by atoms with Gasteiger partial charge >= 0.3 is 11.9 Å². The van der Waals surface area contributed by atoms with Gasteiger partial charge in [0.2, 0.25) is 0 Å². The lowest BCUT2D eigenvalue weighted by Gasteiger charge is -2.30. The smallest absolute Gasteiger partial charge is 0.334 e. The van der Waals surface area contributed by atoms with Crippen LogP contribution in [0.3, 0.4) is 0 Å². The number of carbonyl (C=O) groups is 2. The molecule has 0 aromatic rings. The molecule has 0 unspecified atom stereocenters. The van der Waals surface area contributed by atoms with E-state index in [4.69, 9.17) is 4.74 Å². The van der Waals surface area contributed by atoms with Crippen LogP contribution in [-0.4, -0.2) is 25.2 Å². The number of rotatable bonds is 4. The first kappa shape index (κ1) is 14.8. The van der Waals surface area contributed by atoms with Gasteiger partial charge in [-0.3, -0.25) is 4.79 Å². The van der Waals surface area contributed by atoms with Gasteiger partial charge in [-0.2, -0.15) is 0 Å². The molecule has 1 aliphatic carbocycles. The minimum Gasteiger partial charge on any atom is -0.469 e. The summed E-state index contributed by atoms with van der Waals surface area (Å²) in [6.45, 7) is 8.07. The molecule has 4 heteroatoms. The fourth-order valence-corrected chi connectivity index (χ4v) is 3.19. The van der Waals surface area contributed by atoms with Gasteiger partial charge in [-0.25, -0.2) is 4.79 Å². The van der Waals surface area contributed by atoms with E-state index in [0.29, 0.717) is 17.9 Å². The largest absolute Gasteiger partial charge is 0.469 e. The van der Waals surface area contributed by atoms with Crippen LogP contribution in [-0.2, 0) is 19.1 Å². The first-order valence-corrected chi connectivity index (χ1v) is 7.09. The Morgan fingerprint density at radius 1 is 1.50 bits per heavy atom. The fourth-order valence-electron chi connectivity index (χ4n) is 3.19. The average Bonchev–Trinajstić information content (AvgIpc) is 2.69. The van der Waals surface area contributed by atoms with E-state index in [2.05, 4.69) is 25.2 Å². The van der Waals surface area contributed by atoms with Gasteiger partial charge in [0.05, 0.1) is 7.11 Å². The van der Waals surface area contributed by atoms with Gasteiger partial charge < -0.3 is 9.47 Å². The Morgan fingerprint density at radius 3 is 2.85 bits per heavy atom. The molecule has 0 radical (unpaired) electrons. The van der Waals surface area contributed by atoms with Gasteiger partial charge in [-0.05, 0) is 25.7 Å². The van der Waals surface area contributed by atoms with Gasteiger partial charge in [-0.15, -0.1) is 0 Å². The molecule has 110 valence electrons. The highest BCUT2D eigenvalue weighted by Crippen LogP contribution is 2.43. The summed E-state index contributed by atoms with van der Waals surface area (Å²) in [5.41, 5.74) is 3.22. The Hall–Kier alpha value is -1.58. The van der Waals surface area contributed by atoms with Crippen molar-refractivity contribution < 1.29 is 19.1 Å². The van der Waals surface area contributed by atoms with E-state index in [-0.39, 0.29) is 24.0 Å². The second kappa shape index (κ2) is 5.81. The van der Waals surface area contributed by atoms with Crippen molar-refractivity contribution in [3.8, 4) is 0 Å². The van der Waals surface area contributed by atoms with E-state index < -0.39 is 0 Å². The molecule has 20 heavy (non-hydrogen) atoms. The van der Waals surface area contributed by atoms with Gasteiger partial charge in [0, 0.05) is 24.3 Å². The molecule has 1 fully saturated rings. The van der Waals surface area contributed by atoms with Crippen molar-refractivity contribution in [2.45, 2.75) is 45.6 Å². The third-order valence-corrected chi connectivity index (χ3v) is 4.52. The van der Waals surface area contributed by atoms with Crippen LogP contribution in [0.4, 0.5) is 0 Å². The number of methoxy groups -OCH3 is 1. The SMILES string of the molecule is C=C1C(=O)O[C@@H]2CC(C)=C([C@@H](C)CCC(=O)OC)C[C@H]12. The number of esters is 2. The van der Waals surface area contributed by atoms with E-state index in [9.17, 15) is 9.59 Å². The second-order valence-corrected chi connectivity index (χ2v) is 5.81. The number of ether oxygens (including phenoxy) is 2. The third kappa shape index (κ3) is 2.79. The van der Waals surface area contributed by atoms with Gasteiger partial charge in [0.25, 0.3) is 0 Å². The van der Waals surface area contributed by atoms with Gasteiger partial charge in [-0.1, -0.05) is 24.6 Å². The summed E-state index contributed by atoms with van der Waals surface area (Å²) in [6.07, 6.45) is 2.78. The molecular weight excluding hydrogens is 256 g/mol. The van der Waals surface area contributed by atoms with E-state index >= 15 is 0 Å². The molecular formula is C16H22O4. The molecule has 2 rings (SSSR count). The predicted molar refractivity (Wildman–Crippen MR) is 74.9 cm³/mol. The first-order chi connectivity index (χ1) is 9.43. The summed E-state index contributed by atoms with van der Waals surface area (Å²) < 4.78 is 10.0. The molecule has 0 N–H and O–H groups in total. The van der Waals surface area contributed by atoms with E-state index in [1.165, 1.54) is 18.3 Å². The summed E-state index contributed by atoms with van der Waals surface area (Å²) in [7, 11) is 1.41. The summed E-state index contributed by atoms with van der Waals surface area (Å²) in [4.78, 5) is 22.8. The Labute approximate surface area is 119 Å². The minimum atomic E-state index is -0.253. The molecule has 0 aromatic carbocycles. The topological polar surface area (TPSA) is 52.6 Å². The summed E-state index contributed by atoms with van der Waals surface area (Å²) in [5.74, 6) is 0.00386. The molecule has 0 saturated carbocycles. The highest BCUT2D eigenvalue weighted by molar-refractivity contribution is 5.91. The zero-order chi connectivity index (χ0) is 14.9. The summed E-state index contributed by atoms with van der Waals surface area (Å²) in [5, 5.41) is 0. The lowest BCUT2D eigenvalue weighted by atomic mass is 9.75. The van der Waals surface area contributed by atoms with Crippen molar-refractivity contribution in [3.63, 3.8) is 0 Å². The molecule has 1 heterocycles. The Morgan fingerprint density at radius 2 is 2.20 bits per heavy atom. The van der Waals surface area contributed by atoms with Crippen LogP contribution in [0, 0.1) is 11.8 Å². The van der Waals surface area contributed by atoms with Crippen LogP contribution >= 0.6 is 0 Å². The lowest BCUT2D eigenvalue weighted by Crippen LogP contribution is -2.25. The highest BCUT2D eigenvalue weighted by Gasteiger charge is 2.42. The van der Waals surface area contributed by atoms with Crippen LogP contribution in [0.2, 0.25) is 0 Å². The Balaban J connectivity index is 2.04. The number of hydrogen-bond acceptors (Lipinski definition) is 4. The molecule has 1 saturated heterocycles. The van der Waals surface area contributed by atoms with E-state index in [1.807, 2.05) is 0 Å². The average molecular weight is 278 g/mol. The van der Waals surface area contributed by atoms with Gasteiger partial charge in [0.1, 0.15) is 6.10 Å². The number of fused-ring (bicyclic) bond motifs is 1. The lowest BCUT2D eigenvalue weighted by molar-refractivity contribution is -0.141. The summed E-state index contributed by atoms with van der Waals surface area (Å²) >= 11 is 0. The predicted octanol–water partition coefficient (Wildman–Crippen LogP) is 2.78. The fraction of sp³-hybridized carbons (Fsp3) is 0.625. The molecule has 2 aliphatic rings. The first-order valence-electron chi connectivity index (χ1n) is 7.09. The van der Waals surface area contributed by atoms with Crippen LogP contribution in [0.15, 0.2) is 23.3 Å². The summed E-state index contributed by atoms with van der Waals surface area (Å²) in [6, 6.07) is 0. The van der Waals surface area contributed by atoms with Crippen molar-refractivity contribution in [3.05, 3.63) is 23.3 Å². The highest BCUT2D eigenvalue weighted by atomic mass is 16.6. The number of allylic oxidation sites excluding steroid dienone is 1. The van der Waals surface area contributed by atoms with Crippen molar-refractivity contribution in [1.82, 2.24) is 0 Å². The zero-order valence-corrected chi connectivity index (χ0v) is 12.4. The molecule has 3 atom stereocenters. The van der Waals surface area contributed by atoms with Crippen LogP contribution in [0.1, 0.15) is 39.5 Å². The van der Waals surface area contributed by atoms with E-state index in [0.717, 1.165) is 19.3 Å². The molecule has 0 bridgehead atoms. The molecule has 0 amide bonds. The van der Waals surface area contributed by atoms with Crippen molar-refractivity contribution in [2.24, 2.45) is 11.8 Å². The van der Waals surface area contributed by atoms with Crippen LogP contribution < -0.4 is 0 Å². The van der Waals surface area contributed by atoms with Crippen molar-refractivity contribution in [1.29, 1.82) is 0 Å². The molecule has 0 spiro atoms. The van der Waals surface area contributed by atoms with Crippen LogP contribution in [0.25, 0.3) is 0 Å². The Bertz CT molecular complexity index is 475. The normalized spacial score (nSPS) is 27.1. The maximum absolute atomic E-state index is 11.6. The monoisotopic (exact) mass is 278 g/mol. The third-order valence-electron chi connectivity index (χ3n) is 4.52. The standard InChI is InChI=1S/C16H22O4/c1-9(5-6-15(17)19-4)12-8-13-11(3)16(18)20-14(13)7-10(12)2/h9,13-14H,3,5-8H2,1-2,4H3/t9-,13+,14+/m0/s1. The quantitative estimate of drug-likeness (QED) is 0.451. The molecule has 1 aliphatic heterocycles. The number of hydrogen-bond donors (Lipinski definition) is 0. The van der Waals surface area contributed by atoms with Crippen molar-refractivity contribution in [2.75, 3.05) is 7.11 Å². The van der Waals surface area contributed by atoms with Crippen LogP contribution in [0.5, 0.6) is 0 Å². The maximum atomic E-state index is 11.6. The van der Waals surface area contributed by atoms with E-state index in [1.54, 1.807) is 0 Å². The Kier molecular flexibility index (Phi) is 4.31. The zero-order valence-electron chi connectivity index (χ0n) is 12.4. The van der Waals surface area contributed by atoms with Crippen molar-refractivity contribution >= 4 is 11.9 Å².